The number of aliphatic hydroxyl groups is 1. The Morgan fingerprint density at radius 2 is 2.07 bits per heavy atom. The van der Waals surface area contributed by atoms with Gasteiger partial charge in [0.05, 0.1) is 6.10 Å². The van der Waals surface area contributed by atoms with Crippen molar-refractivity contribution < 1.29 is 5.11 Å². The van der Waals surface area contributed by atoms with Crippen LogP contribution in [-0.4, -0.2) is 60.3 Å². The van der Waals surface area contributed by atoms with Crippen LogP contribution in [0.5, 0.6) is 0 Å². The first-order chi connectivity index (χ1) is 7.17. The molecule has 1 saturated heterocycles. The van der Waals surface area contributed by atoms with Crippen LogP contribution in [0.1, 0.15) is 33.1 Å². The van der Waals surface area contributed by atoms with Crippen molar-refractivity contribution in [2.75, 3.05) is 33.2 Å². The summed E-state index contributed by atoms with van der Waals surface area (Å²) in [6, 6.07) is 0.624. The van der Waals surface area contributed by atoms with E-state index in [0.717, 1.165) is 26.1 Å². The smallest absolute Gasteiger partial charge is 0.0664 e. The molecule has 2 atom stereocenters. The number of nitrogens with zero attached hydrogens (tertiary/aromatic N) is 2. The van der Waals surface area contributed by atoms with Gasteiger partial charge in [-0.3, -0.25) is 4.90 Å². The van der Waals surface area contributed by atoms with E-state index in [1.165, 1.54) is 19.4 Å². The molecule has 1 fully saturated rings. The molecule has 1 aliphatic heterocycles. The summed E-state index contributed by atoms with van der Waals surface area (Å²) in [6.45, 7) is 8.62. The molecule has 0 aromatic heterocycles. The zero-order chi connectivity index (χ0) is 11.3. The lowest BCUT2D eigenvalue weighted by Gasteiger charge is -2.31. The predicted octanol–water partition coefficient (Wildman–Crippen LogP) is 1.17. The SMILES string of the molecule is CCC(O)CN1CCCN(C)CC1CC. The Balaban J connectivity index is 2.51. The molecule has 1 rings (SSSR count). The monoisotopic (exact) mass is 214 g/mol. The fourth-order valence-corrected chi connectivity index (χ4v) is 2.32. The molecule has 1 heterocycles. The summed E-state index contributed by atoms with van der Waals surface area (Å²) in [5.74, 6) is 0. The average Bonchev–Trinajstić information content (AvgIpc) is 2.40. The third kappa shape index (κ3) is 4.09. The van der Waals surface area contributed by atoms with Crippen LogP contribution in [-0.2, 0) is 0 Å². The summed E-state index contributed by atoms with van der Waals surface area (Å²) in [5, 5.41) is 9.73. The van der Waals surface area contributed by atoms with Gasteiger partial charge in [0.15, 0.2) is 0 Å². The lowest BCUT2D eigenvalue weighted by Crippen LogP contribution is -2.43. The molecule has 0 aromatic rings. The second kappa shape index (κ2) is 6.46. The molecule has 1 N–H and O–H groups in total. The van der Waals surface area contributed by atoms with Crippen molar-refractivity contribution in [3.8, 4) is 0 Å². The standard InChI is InChI=1S/C12H26N2O/c1-4-11-9-13(3)7-6-8-14(11)10-12(15)5-2/h11-12,15H,4-10H2,1-3H3. The number of hydrogen-bond donors (Lipinski definition) is 1. The molecular weight excluding hydrogens is 188 g/mol. The van der Waals surface area contributed by atoms with Crippen molar-refractivity contribution in [1.82, 2.24) is 9.80 Å². The molecule has 15 heavy (non-hydrogen) atoms. The highest BCUT2D eigenvalue weighted by Gasteiger charge is 2.23. The maximum atomic E-state index is 9.73. The fourth-order valence-electron chi connectivity index (χ4n) is 2.32. The van der Waals surface area contributed by atoms with Gasteiger partial charge in [0, 0.05) is 19.1 Å². The summed E-state index contributed by atoms with van der Waals surface area (Å²) in [7, 11) is 2.20. The Morgan fingerprint density at radius 1 is 1.33 bits per heavy atom. The largest absolute Gasteiger partial charge is 0.392 e. The van der Waals surface area contributed by atoms with Crippen LogP contribution in [0.2, 0.25) is 0 Å². The van der Waals surface area contributed by atoms with E-state index >= 15 is 0 Å². The van der Waals surface area contributed by atoms with E-state index in [1.54, 1.807) is 0 Å². The van der Waals surface area contributed by atoms with Gasteiger partial charge in [-0.05, 0) is 39.4 Å². The molecule has 3 nitrogen and oxygen atoms in total. The summed E-state index contributed by atoms with van der Waals surface area (Å²) in [5.41, 5.74) is 0. The van der Waals surface area contributed by atoms with Gasteiger partial charge in [0.25, 0.3) is 0 Å². The van der Waals surface area contributed by atoms with Gasteiger partial charge in [-0.25, -0.2) is 0 Å². The minimum Gasteiger partial charge on any atom is -0.392 e. The molecule has 3 heteroatoms. The number of β-amino-alcohol motifs (C(OH)–C–C–N with tert-alkyl or cyclic N) is 1. The number of hydrogen-bond acceptors (Lipinski definition) is 3. The van der Waals surface area contributed by atoms with Crippen LogP contribution in [0.15, 0.2) is 0 Å². The van der Waals surface area contributed by atoms with E-state index in [9.17, 15) is 5.11 Å². The van der Waals surface area contributed by atoms with Crippen LogP contribution in [0.25, 0.3) is 0 Å². The van der Waals surface area contributed by atoms with E-state index in [2.05, 4.69) is 30.7 Å². The molecule has 2 unspecified atom stereocenters. The molecule has 90 valence electrons. The van der Waals surface area contributed by atoms with Gasteiger partial charge < -0.3 is 10.0 Å². The minimum absolute atomic E-state index is 0.151. The molecule has 0 bridgehead atoms. The van der Waals surface area contributed by atoms with Crippen LogP contribution < -0.4 is 0 Å². The third-order valence-corrected chi connectivity index (χ3v) is 3.41. The van der Waals surface area contributed by atoms with Gasteiger partial charge in [0.2, 0.25) is 0 Å². The second-order valence-corrected chi connectivity index (χ2v) is 4.73. The fraction of sp³-hybridized carbons (Fsp3) is 1.00. The molecular formula is C12H26N2O. The average molecular weight is 214 g/mol. The van der Waals surface area contributed by atoms with Crippen molar-refractivity contribution in [2.45, 2.75) is 45.3 Å². The summed E-state index contributed by atoms with van der Waals surface area (Å²) in [4.78, 5) is 4.88. The maximum absolute atomic E-state index is 9.73. The van der Waals surface area contributed by atoms with Crippen molar-refractivity contribution in [3.05, 3.63) is 0 Å². The van der Waals surface area contributed by atoms with Gasteiger partial charge in [-0.2, -0.15) is 0 Å². The van der Waals surface area contributed by atoms with Crippen molar-refractivity contribution in [1.29, 1.82) is 0 Å². The van der Waals surface area contributed by atoms with Crippen molar-refractivity contribution >= 4 is 0 Å². The quantitative estimate of drug-likeness (QED) is 0.761. The van der Waals surface area contributed by atoms with Crippen LogP contribution in [0, 0.1) is 0 Å². The van der Waals surface area contributed by atoms with Gasteiger partial charge in [-0.15, -0.1) is 0 Å². The van der Waals surface area contributed by atoms with E-state index in [0.29, 0.717) is 6.04 Å². The van der Waals surface area contributed by atoms with Crippen LogP contribution in [0.4, 0.5) is 0 Å². The lowest BCUT2D eigenvalue weighted by molar-refractivity contribution is 0.0830. The van der Waals surface area contributed by atoms with Crippen LogP contribution >= 0.6 is 0 Å². The van der Waals surface area contributed by atoms with Crippen molar-refractivity contribution in [2.24, 2.45) is 0 Å². The molecule has 0 amide bonds. The molecule has 0 aliphatic carbocycles. The Hall–Kier alpha value is -0.120. The molecule has 1 aliphatic rings. The third-order valence-electron chi connectivity index (χ3n) is 3.41. The molecule has 0 radical (unpaired) electrons. The highest BCUT2D eigenvalue weighted by Crippen LogP contribution is 2.12. The minimum atomic E-state index is -0.151. The molecule has 0 spiro atoms. The Bertz CT molecular complexity index is 175. The first-order valence-corrected chi connectivity index (χ1v) is 6.28. The van der Waals surface area contributed by atoms with Gasteiger partial charge >= 0.3 is 0 Å². The van der Waals surface area contributed by atoms with E-state index in [1.807, 2.05) is 0 Å². The zero-order valence-corrected chi connectivity index (χ0v) is 10.4. The maximum Gasteiger partial charge on any atom is 0.0664 e. The Labute approximate surface area is 94.1 Å². The molecule has 0 aromatic carbocycles. The normalized spacial score (nSPS) is 27.6. The van der Waals surface area contributed by atoms with E-state index < -0.39 is 0 Å². The summed E-state index contributed by atoms with van der Waals surface area (Å²) >= 11 is 0. The number of rotatable bonds is 4. The van der Waals surface area contributed by atoms with E-state index in [4.69, 9.17) is 0 Å². The van der Waals surface area contributed by atoms with Gasteiger partial charge in [-0.1, -0.05) is 13.8 Å². The molecule has 0 saturated carbocycles. The highest BCUT2D eigenvalue weighted by atomic mass is 16.3. The lowest BCUT2D eigenvalue weighted by atomic mass is 10.1. The Kier molecular flexibility index (Phi) is 5.58. The highest BCUT2D eigenvalue weighted by molar-refractivity contribution is 4.79. The topological polar surface area (TPSA) is 26.7 Å². The number of likely N-dealkylation sites (N-methyl/N-ethyl adjacent to an activating group) is 1. The second-order valence-electron chi connectivity index (χ2n) is 4.73. The number of aliphatic hydroxyl groups excluding tert-OH is 1. The zero-order valence-electron chi connectivity index (χ0n) is 10.4. The Morgan fingerprint density at radius 3 is 2.67 bits per heavy atom. The predicted molar refractivity (Wildman–Crippen MR) is 64.1 cm³/mol. The summed E-state index contributed by atoms with van der Waals surface area (Å²) in [6.07, 6.45) is 3.12. The van der Waals surface area contributed by atoms with Gasteiger partial charge in [0.1, 0.15) is 0 Å². The summed E-state index contributed by atoms with van der Waals surface area (Å²) < 4.78 is 0. The van der Waals surface area contributed by atoms with Crippen molar-refractivity contribution in [3.63, 3.8) is 0 Å². The first-order valence-electron chi connectivity index (χ1n) is 6.28. The first kappa shape index (κ1) is 12.9. The van der Waals surface area contributed by atoms with Crippen LogP contribution in [0.3, 0.4) is 0 Å². The van der Waals surface area contributed by atoms with E-state index in [-0.39, 0.29) is 6.10 Å².